The van der Waals surface area contributed by atoms with Crippen molar-refractivity contribution >= 4 is 7.75 Å². The van der Waals surface area contributed by atoms with Crippen LogP contribution in [0.3, 0.4) is 0 Å². The zero-order chi connectivity index (χ0) is 41.1. The van der Waals surface area contributed by atoms with Crippen molar-refractivity contribution in [1.82, 2.24) is 19.9 Å². The summed E-state index contributed by atoms with van der Waals surface area (Å²) in [6.07, 6.45) is 5.41. The molecule has 1 aliphatic carbocycles. The van der Waals surface area contributed by atoms with E-state index in [1.165, 1.54) is 0 Å². The third-order valence-corrected chi connectivity index (χ3v) is 14.8. The summed E-state index contributed by atoms with van der Waals surface area (Å²) in [6.45, 7) is 8.96. The maximum atomic E-state index is 14.0. The van der Waals surface area contributed by atoms with E-state index in [1.54, 1.807) is 6.07 Å². The van der Waals surface area contributed by atoms with E-state index in [0.29, 0.717) is 35.8 Å². The minimum Gasteiger partial charge on any atom is -0.457 e. The van der Waals surface area contributed by atoms with Crippen LogP contribution in [0.4, 0.5) is 0 Å². The average molecular weight is 816 g/mol. The number of ether oxygens (including phenoxy) is 2. The normalized spacial score (nSPS) is 27.7. The van der Waals surface area contributed by atoms with Crippen LogP contribution in [0.2, 0.25) is 0 Å². The maximum Gasteiger partial charge on any atom is 0.509 e. The first-order chi connectivity index (χ1) is 28.9. The molecule has 7 heterocycles. The molecule has 1 unspecified atom stereocenters. The summed E-state index contributed by atoms with van der Waals surface area (Å²) in [5.74, 6) is 2.26. The maximum absolute atomic E-state index is 14.0. The van der Waals surface area contributed by atoms with Crippen molar-refractivity contribution in [2.24, 2.45) is 5.50 Å². The Balaban J connectivity index is 1.26. The molecule has 4 aliphatic rings. The van der Waals surface area contributed by atoms with Crippen molar-refractivity contribution in [3.05, 3.63) is 207 Å². The van der Waals surface area contributed by atoms with Gasteiger partial charge in [-0.2, -0.15) is 0 Å². The Morgan fingerprint density at radius 2 is 0.900 bits per heavy atom. The van der Waals surface area contributed by atoms with Gasteiger partial charge in [0.1, 0.15) is 23.0 Å². The largest absolute Gasteiger partial charge is 0.509 e. The van der Waals surface area contributed by atoms with Gasteiger partial charge >= 0.3 is 7.75 Å². The molecule has 6 N–H and O–H groups in total. The first-order valence-corrected chi connectivity index (χ1v) is 22.0. The summed E-state index contributed by atoms with van der Waals surface area (Å²) in [5, 5.41) is 0. The highest BCUT2D eigenvalue weighted by molar-refractivity contribution is 7.51. The summed E-state index contributed by atoms with van der Waals surface area (Å²) in [6, 6.07) is 41.6. The minimum absolute atomic E-state index is 0.0495. The van der Waals surface area contributed by atoms with Gasteiger partial charge in [0.2, 0.25) is 6.79 Å². The highest BCUT2D eigenvalue weighted by atomic mass is 31.2. The van der Waals surface area contributed by atoms with Gasteiger partial charge in [0.15, 0.2) is 0 Å². The Hall–Kier alpha value is -6.35. The Labute approximate surface area is 348 Å². The van der Waals surface area contributed by atoms with E-state index in [1.807, 2.05) is 42.5 Å². The molecule has 5 atom stereocenters. The molecule has 4 aromatic heterocycles. The highest BCUT2D eigenvalue weighted by Gasteiger charge is 2.45. The van der Waals surface area contributed by atoms with Crippen LogP contribution >= 0.6 is 7.75 Å². The molecule has 10 nitrogen and oxygen atoms in total. The van der Waals surface area contributed by atoms with Gasteiger partial charge in [0.25, 0.3) is 0 Å². The average Bonchev–Trinajstić information content (AvgIpc) is 4.10. The van der Waals surface area contributed by atoms with Crippen LogP contribution in [0.15, 0.2) is 145 Å². The number of aromatic nitrogens is 4. The molecule has 0 fully saturated rings. The highest BCUT2D eigenvalue weighted by Crippen LogP contribution is 2.51. The fourth-order valence-electron chi connectivity index (χ4n) is 9.99. The molecule has 3 aromatic carbocycles. The van der Waals surface area contributed by atoms with Crippen molar-refractivity contribution in [3.8, 4) is 17.2 Å². The molecular formula is C49H46N5O5P. The molecule has 302 valence electrons. The summed E-state index contributed by atoms with van der Waals surface area (Å²) in [4.78, 5) is 15.9. The van der Waals surface area contributed by atoms with E-state index < -0.39 is 29.4 Å². The number of benzene rings is 3. The van der Waals surface area contributed by atoms with Gasteiger partial charge in [-0.05, 0) is 147 Å². The molecule has 0 amide bonds. The quantitative estimate of drug-likeness (QED) is 0.0965. The number of hydrogen-bond donors (Lipinski definition) is 5. The molecule has 0 saturated heterocycles. The lowest BCUT2D eigenvalue weighted by atomic mass is 9.74. The summed E-state index contributed by atoms with van der Waals surface area (Å²) < 4.78 is 38.7. The van der Waals surface area contributed by atoms with E-state index in [4.69, 9.17) is 24.0 Å². The van der Waals surface area contributed by atoms with E-state index >= 15 is 0 Å². The van der Waals surface area contributed by atoms with E-state index in [0.717, 1.165) is 67.8 Å². The molecule has 11 rings (SSSR count). The van der Waals surface area contributed by atoms with Crippen molar-refractivity contribution in [1.29, 1.82) is 0 Å². The van der Waals surface area contributed by atoms with Crippen LogP contribution in [0.5, 0.6) is 17.2 Å². The Morgan fingerprint density at radius 3 is 1.33 bits per heavy atom. The molecular weight excluding hydrogens is 770 g/mol. The van der Waals surface area contributed by atoms with Crippen molar-refractivity contribution in [2.45, 2.75) is 62.2 Å². The number of hydrogen-bond acceptors (Lipinski definition) is 5. The van der Waals surface area contributed by atoms with Crippen LogP contribution in [0.1, 0.15) is 103 Å². The molecule has 0 saturated carbocycles. The van der Waals surface area contributed by atoms with E-state index in [9.17, 15) is 4.57 Å². The number of rotatable bonds is 0. The predicted molar refractivity (Wildman–Crippen MR) is 231 cm³/mol. The SMILES string of the molecule is C[C@@]12C3=CCCC(=C3)OP(N)(=O)Oc3cccc(c3)[C@@](C)(c3ccc1[nH]3)c1ccc([nH]1)[C@]1(C)c3cccc(c3)OCOc3cccc(c3)[C@](C)(c3ccc2[nH]3)c2ccc1[nH]2. The molecule has 7 aromatic rings. The first kappa shape index (κ1) is 36.7. The standard InChI is InChI=1S/C49H46N5O5P/c1-46-30-9-5-13-34(25-30)56-29-57-35-14-6-10-31(26-35)47(2,39-18-17-38(46)51-39)41-20-22-43(53-41)49(4)33-12-8-16-37(28-33)59-60(50,55)58-36-15-7-11-32(27-36)48(3,42-21-19-40(46)52-42)44-23-24-45(49)54-44/h5-7,9-15,17-28,51-54H,8,16,29H2,1-4H3,(H2,50,55)/t46-,47+,48-,49+,60?/m1/s1. The zero-order valence-corrected chi connectivity index (χ0v) is 34.8. The number of allylic oxidation sites excluding steroid dienone is 4. The number of fused-ring (bicyclic) bond motifs is 19. The Bertz CT molecular complexity index is 2970. The number of H-pyrrole nitrogens is 4. The van der Waals surface area contributed by atoms with E-state index in [2.05, 4.69) is 133 Å². The molecule has 0 radical (unpaired) electrons. The van der Waals surface area contributed by atoms with Crippen molar-refractivity contribution in [3.63, 3.8) is 0 Å². The Kier molecular flexibility index (Phi) is 7.85. The molecule has 60 heavy (non-hydrogen) atoms. The molecule has 3 aliphatic heterocycles. The number of aromatic amines is 4. The van der Waals surface area contributed by atoms with Crippen LogP contribution < -0.4 is 19.5 Å². The second kappa shape index (κ2) is 12.8. The first-order valence-electron chi connectivity index (χ1n) is 20.4. The summed E-state index contributed by atoms with van der Waals surface area (Å²) >= 11 is 0. The lowest BCUT2D eigenvalue weighted by Gasteiger charge is -2.35. The van der Waals surface area contributed by atoms with Crippen molar-refractivity contribution in [2.75, 3.05) is 6.79 Å². The molecule has 0 spiro atoms. The fourth-order valence-corrected chi connectivity index (χ4v) is 10.9. The van der Waals surface area contributed by atoms with Gasteiger partial charge in [0, 0.05) is 52.0 Å². The zero-order valence-electron chi connectivity index (χ0n) is 33.9. The molecule has 11 heteroatoms. The summed E-state index contributed by atoms with van der Waals surface area (Å²) in [5.41, 5.74) is 15.1. The number of nitrogens with two attached hydrogens (primary N) is 1. The second-order valence-electron chi connectivity index (χ2n) is 17.2. The van der Waals surface area contributed by atoms with Crippen LogP contribution in [-0.2, 0) is 30.7 Å². The van der Waals surface area contributed by atoms with E-state index in [-0.39, 0.29) is 6.79 Å². The van der Waals surface area contributed by atoms with Crippen LogP contribution in [0, 0.1) is 0 Å². The Morgan fingerprint density at radius 1 is 0.517 bits per heavy atom. The lowest BCUT2D eigenvalue weighted by molar-refractivity contribution is 0.119. The lowest BCUT2D eigenvalue weighted by Crippen LogP contribution is -2.32. The molecule has 20 bridgehead atoms. The van der Waals surface area contributed by atoms with Crippen LogP contribution in [0.25, 0.3) is 0 Å². The van der Waals surface area contributed by atoms with Gasteiger partial charge in [-0.15, -0.1) is 0 Å². The van der Waals surface area contributed by atoms with Gasteiger partial charge in [-0.3, -0.25) is 0 Å². The topological polar surface area (TPSA) is 143 Å². The second-order valence-corrected chi connectivity index (χ2v) is 18.6. The minimum atomic E-state index is -4.09. The monoisotopic (exact) mass is 815 g/mol. The smallest absolute Gasteiger partial charge is 0.457 e. The fraction of sp³-hybridized carbons (Fsp3) is 0.224. The van der Waals surface area contributed by atoms with Crippen molar-refractivity contribution < 1.29 is 23.1 Å². The van der Waals surface area contributed by atoms with Gasteiger partial charge < -0.3 is 38.5 Å². The van der Waals surface area contributed by atoms with Crippen LogP contribution in [-0.4, -0.2) is 26.7 Å². The number of nitrogens with one attached hydrogen (secondary N) is 4. The predicted octanol–water partition coefficient (Wildman–Crippen LogP) is 10.5. The van der Waals surface area contributed by atoms with Gasteiger partial charge in [-0.25, -0.2) is 10.1 Å². The third-order valence-electron chi connectivity index (χ3n) is 13.9. The summed E-state index contributed by atoms with van der Waals surface area (Å²) in [7, 11) is -4.09. The van der Waals surface area contributed by atoms with Gasteiger partial charge in [0.05, 0.1) is 21.7 Å². The third kappa shape index (κ3) is 5.33. The van der Waals surface area contributed by atoms with Gasteiger partial charge in [-0.1, -0.05) is 42.5 Å².